The van der Waals surface area contributed by atoms with E-state index in [0.717, 1.165) is 9.33 Å². The number of carbonyl (C=O) groups is 1. The van der Waals surface area contributed by atoms with Crippen molar-refractivity contribution < 1.29 is 9.32 Å². The Kier molecular flexibility index (Phi) is 4.39. The highest BCUT2D eigenvalue weighted by atomic mass is 127. The summed E-state index contributed by atoms with van der Waals surface area (Å²) in [5, 5.41) is 7.18. The number of carbonyl (C=O) groups excluding carboxylic acids is 1. The van der Waals surface area contributed by atoms with Crippen LogP contribution in [0.3, 0.4) is 0 Å². The summed E-state index contributed by atoms with van der Waals surface area (Å²) in [6.45, 7) is 6.04. The predicted molar refractivity (Wildman–Crippen MR) is 87.3 cm³/mol. The third-order valence-electron chi connectivity index (χ3n) is 2.67. The van der Waals surface area contributed by atoms with Crippen LogP contribution in [0.4, 0.5) is 5.82 Å². The van der Waals surface area contributed by atoms with Crippen LogP contribution in [0.25, 0.3) is 0 Å². The molecule has 1 N–H and O–H groups in total. The second-order valence-corrected chi connectivity index (χ2v) is 6.98. The van der Waals surface area contributed by atoms with E-state index in [0.29, 0.717) is 16.4 Å². The first kappa shape index (κ1) is 15.3. The first-order valence-corrected chi connectivity index (χ1v) is 7.46. The molecule has 2 aromatic rings. The molecule has 0 bridgehead atoms. The second kappa shape index (κ2) is 5.73. The first-order valence-electron chi connectivity index (χ1n) is 6.01. The average Bonchev–Trinajstić information content (AvgIpc) is 2.81. The van der Waals surface area contributed by atoms with Crippen LogP contribution in [-0.4, -0.2) is 11.1 Å². The Morgan fingerprint density at radius 1 is 1.35 bits per heavy atom. The standard InChI is InChI=1S/C14H14ClIN2O2/c1-14(2,3)11-7-12(18-20-11)17-13(19)8-4-5-9(15)10(16)6-8/h4-7H,1-3H3,(H,17,18,19). The molecule has 0 fully saturated rings. The Labute approximate surface area is 136 Å². The Morgan fingerprint density at radius 2 is 2.05 bits per heavy atom. The van der Waals surface area contributed by atoms with Gasteiger partial charge in [0.25, 0.3) is 5.91 Å². The Bertz CT molecular complexity index is 647. The first-order chi connectivity index (χ1) is 9.27. The highest BCUT2D eigenvalue weighted by molar-refractivity contribution is 14.1. The Balaban J connectivity index is 2.15. The van der Waals surface area contributed by atoms with Gasteiger partial charge in [-0.15, -0.1) is 0 Å². The number of amides is 1. The maximum Gasteiger partial charge on any atom is 0.256 e. The minimum atomic E-state index is -0.242. The minimum Gasteiger partial charge on any atom is -0.359 e. The molecule has 2 rings (SSSR count). The molecule has 1 heterocycles. The van der Waals surface area contributed by atoms with E-state index >= 15 is 0 Å². The summed E-state index contributed by atoms with van der Waals surface area (Å²) in [4.78, 5) is 12.1. The summed E-state index contributed by atoms with van der Waals surface area (Å²) in [5.74, 6) is 0.886. The zero-order valence-electron chi connectivity index (χ0n) is 11.3. The van der Waals surface area contributed by atoms with Gasteiger partial charge in [0.1, 0.15) is 5.76 Å². The van der Waals surface area contributed by atoms with Gasteiger partial charge in [0.2, 0.25) is 0 Å². The van der Waals surface area contributed by atoms with Crippen molar-refractivity contribution in [2.24, 2.45) is 0 Å². The molecule has 0 aliphatic carbocycles. The Morgan fingerprint density at radius 3 is 2.60 bits per heavy atom. The third kappa shape index (κ3) is 3.52. The van der Waals surface area contributed by atoms with E-state index in [4.69, 9.17) is 16.1 Å². The number of hydrogen-bond donors (Lipinski definition) is 1. The van der Waals surface area contributed by atoms with Gasteiger partial charge in [-0.3, -0.25) is 4.79 Å². The van der Waals surface area contributed by atoms with Crippen LogP contribution in [0.2, 0.25) is 5.02 Å². The van der Waals surface area contributed by atoms with Crippen LogP contribution in [0.5, 0.6) is 0 Å². The molecule has 1 aromatic heterocycles. The molecule has 0 aliphatic heterocycles. The lowest BCUT2D eigenvalue weighted by Gasteiger charge is -2.12. The van der Waals surface area contributed by atoms with Crippen LogP contribution >= 0.6 is 34.2 Å². The van der Waals surface area contributed by atoms with Gasteiger partial charge in [0, 0.05) is 20.6 Å². The van der Waals surface area contributed by atoms with Crippen LogP contribution in [-0.2, 0) is 5.41 Å². The molecule has 0 saturated carbocycles. The highest BCUT2D eigenvalue weighted by Gasteiger charge is 2.20. The summed E-state index contributed by atoms with van der Waals surface area (Å²) in [7, 11) is 0. The molecular weight excluding hydrogens is 391 g/mol. The van der Waals surface area contributed by atoms with Crippen LogP contribution in [0.1, 0.15) is 36.9 Å². The van der Waals surface area contributed by atoms with Gasteiger partial charge in [-0.1, -0.05) is 37.5 Å². The molecule has 0 atom stereocenters. The van der Waals surface area contributed by atoms with Crippen molar-refractivity contribution in [1.29, 1.82) is 0 Å². The lowest BCUT2D eigenvalue weighted by molar-refractivity contribution is 0.102. The van der Waals surface area contributed by atoms with Gasteiger partial charge in [-0.25, -0.2) is 0 Å². The quantitative estimate of drug-likeness (QED) is 0.751. The maximum atomic E-state index is 12.1. The summed E-state index contributed by atoms with van der Waals surface area (Å²) < 4.78 is 6.05. The van der Waals surface area contributed by atoms with E-state index in [1.165, 1.54) is 0 Å². The van der Waals surface area contributed by atoms with Crippen LogP contribution < -0.4 is 5.32 Å². The number of benzene rings is 1. The van der Waals surface area contributed by atoms with E-state index < -0.39 is 0 Å². The van der Waals surface area contributed by atoms with Crippen molar-refractivity contribution in [2.45, 2.75) is 26.2 Å². The lowest BCUT2D eigenvalue weighted by atomic mass is 9.93. The SMILES string of the molecule is CC(C)(C)c1cc(NC(=O)c2ccc(Cl)c(I)c2)no1. The molecule has 1 amide bonds. The molecule has 0 aliphatic rings. The maximum absolute atomic E-state index is 12.1. The number of rotatable bonds is 2. The van der Waals surface area contributed by atoms with Crippen molar-refractivity contribution >= 4 is 45.9 Å². The van der Waals surface area contributed by atoms with E-state index in [2.05, 4.69) is 33.1 Å². The summed E-state index contributed by atoms with van der Waals surface area (Å²) in [6, 6.07) is 6.83. The van der Waals surface area contributed by atoms with Crippen LogP contribution in [0.15, 0.2) is 28.8 Å². The highest BCUT2D eigenvalue weighted by Crippen LogP contribution is 2.25. The molecule has 0 radical (unpaired) electrons. The zero-order chi connectivity index (χ0) is 14.9. The molecule has 6 heteroatoms. The normalized spacial score (nSPS) is 11.4. The molecular formula is C14H14ClIN2O2. The van der Waals surface area contributed by atoms with Gasteiger partial charge in [-0.2, -0.15) is 0 Å². The number of halogens is 2. The van der Waals surface area contributed by atoms with Crippen molar-refractivity contribution in [1.82, 2.24) is 5.16 Å². The van der Waals surface area contributed by atoms with Gasteiger partial charge in [0.15, 0.2) is 5.82 Å². The summed E-state index contributed by atoms with van der Waals surface area (Å²) in [6.07, 6.45) is 0. The summed E-state index contributed by atoms with van der Waals surface area (Å²) in [5.41, 5.74) is 0.380. The molecule has 20 heavy (non-hydrogen) atoms. The fourth-order valence-electron chi connectivity index (χ4n) is 1.51. The minimum absolute atomic E-state index is 0.147. The molecule has 106 valence electrons. The molecule has 0 spiro atoms. The van der Waals surface area contributed by atoms with Crippen molar-refractivity contribution in [3.8, 4) is 0 Å². The number of nitrogens with zero attached hydrogens (tertiary/aromatic N) is 1. The van der Waals surface area contributed by atoms with Gasteiger partial charge in [0.05, 0.1) is 5.02 Å². The third-order valence-corrected chi connectivity index (χ3v) is 4.21. The predicted octanol–water partition coefficient (Wildman–Crippen LogP) is 4.48. The molecule has 0 unspecified atom stereocenters. The average molecular weight is 405 g/mol. The fraction of sp³-hybridized carbons (Fsp3) is 0.286. The number of hydrogen-bond acceptors (Lipinski definition) is 3. The van der Waals surface area contributed by atoms with Crippen molar-refractivity contribution in [2.75, 3.05) is 5.32 Å². The molecule has 1 aromatic carbocycles. The number of nitrogens with one attached hydrogen (secondary N) is 1. The van der Waals surface area contributed by atoms with E-state index in [-0.39, 0.29) is 11.3 Å². The number of anilines is 1. The monoisotopic (exact) mass is 404 g/mol. The molecule has 0 saturated heterocycles. The van der Waals surface area contributed by atoms with E-state index in [1.807, 2.05) is 20.8 Å². The lowest BCUT2D eigenvalue weighted by Crippen LogP contribution is -2.12. The van der Waals surface area contributed by atoms with Gasteiger partial charge >= 0.3 is 0 Å². The largest absolute Gasteiger partial charge is 0.359 e. The number of aromatic nitrogens is 1. The van der Waals surface area contributed by atoms with E-state index in [9.17, 15) is 4.79 Å². The summed E-state index contributed by atoms with van der Waals surface area (Å²) >= 11 is 8.02. The molecule has 4 nitrogen and oxygen atoms in total. The Hall–Kier alpha value is -1.08. The van der Waals surface area contributed by atoms with Crippen molar-refractivity contribution in [3.05, 3.63) is 44.2 Å². The smallest absolute Gasteiger partial charge is 0.256 e. The van der Waals surface area contributed by atoms with E-state index in [1.54, 1.807) is 24.3 Å². The second-order valence-electron chi connectivity index (χ2n) is 5.41. The van der Waals surface area contributed by atoms with Gasteiger partial charge in [-0.05, 0) is 40.8 Å². The fourth-order valence-corrected chi connectivity index (χ4v) is 2.15. The zero-order valence-corrected chi connectivity index (χ0v) is 14.2. The van der Waals surface area contributed by atoms with Crippen molar-refractivity contribution in [3.63, 3.8) is 0 Å². The van der Waals surface area contributed by atoms with Gasteiger partial charge < -0.3 is 9.84 Å². The topological polar surface area (TPSA) is 55.1 Å². The van der Waals surface area contributed by atoms with Crippen LogP contribution in [0, 0.1) is 3.57 Å².